The molecular weight excluding hydrogens is 256 g/mol. The van der Waals surface area contributed by atoms with Gasteiger partial charge < -0.3 is 10.2 Å². The Morgan fingerprint density at radius 2 is 2.05 bits per heavy atom. The van der Waals surface area contributed by atoms with E-state index >= 15 is 0 Å². The van der Waals surface area contributed by atoms with Gasteiger partial charge in [0.05, 0.1) is 0 Å². The van der Waals surface area contributed by atoms with Gasteiger partial charge in [-0.25, -0.2) is 4.98 Å². The summed E-state index contributed by atoms with van der Waals surface area (Å²) >= 11 is 1.83. The Bertz CT molecular complexity index is 369. The molecule has 1 aromatic heterocycles. The number of hydrogen-bond acceptors (Lipinski definition) is 5. The van der Waals surface area contributed by atoms with Crippen molar-refractivity contribution >= 4 is 16.5 Å². The summed E-state index contributed by atoms with van der Waals surface area (Å²) < 4.78 is 0. The summed E-state index contributed by atoms with van der Waals surface area (Å²) in [5, 5.41) is 4.64. The maximum absolute atomic E-state index is 4.57. The predicted molar refractivity (Wildman–Crippen MR) is 83.0 cm³/mol. The molecule has 1 N–H and O–H groups in total. The van der Waals surface area contributed by atoms with Crippen LogP contribution in [0, 0.1) is 0 Å². The third-order valence-electron chi connectivity index (χ3n) is 3.41. The van der Waals surface area contributed by atoms with Crippen molar-refractivity contribution in [3.8, 4) is 0 Å². The Morgan fingerprint density at radius 3 is 2.68 bits per heavy atom. The van der Waals surface area contributed by atoms with E-state index in [-0.39, 0.29) is 0 Å². The second-order valence-electron chi connectivity index (χ2n) is 5.47. The van der Waals surface area contributed by atoms with E-state index in [1.807, 2.05) is 17.5 Å². The molecule has 1 aromatic rings. The summed E-state index contributed by atoms with van der Waals surface area (Å²) in [6.45, 7) is 13.3. The number of hydrogen-bond donors (Lipinski definition) is 1. The van der Waals surface area contributed by atoms with Crippen LogP contribution in [0.3, 0.4) is 0 Å². The van der Waals surface area contributed by atoms with Gasteiger partial charge in [-0.1, -0.05) is 20.8 Å². The van der Waals surface area contributed by atoms with Gasteiger partial charge in [-0.2, -0.15) is 0 Å². The van der Waals surface area contributed by atoms with Crippen LogP contribution >= 0.6 is 11.3 Å². The van der Waals surface area contributed by atoms with Crippen molar-refractivity contribution in [3.05, 3.63) is 11.1 Å². The Morgan fingerprint density at radius 1 is 1.32 bits per heavy atom. The summed E-state index contributed by atoms with van der Waals surface area (Å²) in [7, 11) is 0. The summed E-state index contributed by atoms with van der Waals surface area (Å²) in [5.41, 5.74) is 0. The van der Waals surface area contributed by atoms with E-state index in [0.717, 1.165) is 19.6 Å². The monoisotopic (exact) mass is 282 g/mol. The minimum atomic E-state index is 0.531. The predicted octanol–water partition coefficient (Wildman–Crippen LogP) is 2.17. The van der Waals surface area contributed by atoms with Crippen LogP contribution in [0.25, 0.3) is 0 Å². The topological polar surface area (TPSA) is 31.4 Å². The molecule has 0 radical (unpaired) electrons. The van der Waals surface area contributed by atoms with Gasteiger partial charge in [-0.3, -0.25) is 4.90 Å². The van der Waals surface area contributed by atoms with Gasteiger partial charge in [0.25, 0.3) is 0 Å². The molecule has 0 aromatic carbocycles. The van der Waals surface area contributed by atoms with Gasteiger partial charge in [0.15, 0.2) is 5.13 Å². The molecule has 108 valence electrons. The fraction of sp³-hybridized carbons (Fsp3) is 0.786. The zero-order chi connectivity index (χ0) is 13.7. The first-order valence-corrected chi connectivity index (χ1v) is 8.16. The Balaban J connectivity index is 1.82. The molecule has 4 nitrogen and oxygen atoms in total. The maximum Gasteiger partial charge on any atom is 0.185 e. The van der Waals surface area contributed by atoms with Crippen LogP contribution in [0.1, 0.15) is 32.1 Å². The van der Waals surface area contributed by atoms with Gasteiger partial charge in [-0.15, -0.1) is 11.3 Å². The number of thiazole rings is 1. The molecule has 0 aliphatic carbocycles. The molecule has 2 rings (SSSR count). The molecule has 1 saturated heterocycles. The highest BCUT2D eigenvalue weighted by atomic mass is 32.1. The number of rotatable bonds is 6. The third-order valence-corrected chi connectivity index (χ3v) is 4.47. The fourth-order valence-electron chi connectivity index (χ4n) is 2.31. The van der Waals surface area contributed by atoms with E-state index in [0.29, 0.717) is 6.04 Å². The molecule has 0 bridgehead atoms. The summed E-state index contributed by atoms with van der Waals surface area (Å²) in [5.74, 6) is 0. The lowest BCUT2D eigenvalue weighted by Crippen LogP contribution is -2.46. The van der Waals surface area contributed by atoms with Gasteiger partial charge in [0.2, 0.25) is 0 Å². The standard InChI is InChI=1S/C14H26N4S/c1-4-5-17-6-8-18(9-7-17)14-16-11-13(19-14)10-15-12(2)3/h11-12,15H,4-10H2,1-3H3. The Kier molecular flexibility index (Phi) is 5.60. The smallest absolute Gasteiger partial charge is 0.185 e. The lowest BCUT2D eigenvalue weighted by atomic mass is 10.3. The van der Waals surface area contributed by atoms with Crippen LogP contribution in [0.4, 0.5) is 5.13 Å². The molecule has 0 atom stereocenters. The average Bonchev–Trinajstić information content (AvgIpc) is 2.86. The normalized spacial score (nSPS) is 17.4. The average molecular weight is 282 g/mol. The molecule has 5 heteroatoms. The number of piperazine rings is 1. The van der Waals surface area contributed by atoms with Crippen molar-refractivity contribution in [1.82, 2.24) is 15.2 Å². The zero-order valence-electron chi connectivity index (χ0n) is 12.4. The second kappa shape index (κ2) is 7.22. The summed E-state index contributed by atoms with van der Waals surface area (Å²) in [4.78, 5) is 10.9. The van der Waals surface area contributed by atoms with Crippen LogP contribution in [0.5, 0.6) is 0 Å². The number of anilines is 1. The molecule has 1 fully saturated rings. The SMILES string of the molecule is CCCN1CCN(c2ncc(CNC(C)C)s2)CC1. The van der Waals surface area contributed by atoms with E-state index < -0.39 is 0 Å². The highest BCUT2D eigenvalue weighted by Gasteiger charge is 2.18. The number of aromatic nitrogens is 1. The minimum Gasteiger partial charge on any atom is -0.346 e. The summed E-state index contributed by atoms with van der Waals surface area (Å²) in [6, 6.07) is 0.531. The van der Waals surface area contributed by atoms with E-state index in [4.69, 9.17) is 0 Å². The molecule has 2 heterocycles. The quantitative estimate of drug-likeness (QED) is 0.866. The first-order chi connectivity index (χ1) is 9.19. The van der Waals surface area contributed by atoms with Crippen molar-refractivity contribution in [2.75, 3.05) is 37.6 Å². The largest absolute Gasteiger partial charge is 0.346 e. The van der Waals surface area contributed by atoms with Crippen LogP contribution in [0.2, 0.25) is 0 Å². The first kappa shape index (κ1) is 14.8. The number of nitrogens with zero attached hydrogens (tertiary/aromatic N) is 3. The second-order valence-corrected chi connectivity index (χ2v) is 6.57. The lowest BCUT2D eigenvalue weighted by molar-refractivity contribution is 0.258. The zero-order valence-corrected chi connectivity index (χ0v) is 13.2. The lowest BCUT2D eigenvalue weighted by Gasteiger charge is -2.34. The van der Waals surface area contributed by atoms with Crippen molar-refractivity contribution < 1.29 is 0 Å². The van der Waals surface area contributed by atoms with E-state index in [1.54, 1.807) is 0 Å². The molecule has 0 saturated carbocycles. The third kappa shape index (κ3) is 4.44. The van der Waals surface area contributed by atoms with Crippen LogP contribution in [-0.2, 0) is 6.54 Å². The van der Waals surface area contributed by atoms with Crippen LogP contribution in [-0.4, -0.2) is 48.6 Å². The number of nitrogens with one attached hydrogen (secondary N) is 1. The van der Waals surface area contributed by atoms with Crippen molar-refractivity contribution in [1.29, 1.82) is 0 Å². The fourth-order valence-corrected chi connectivity index (χ4v) is 3.22. The van der Waals surface area contributed by atoms with Crippen molar-refractivity contribution in [3.63, 3.8) is 0 Å². The minimum absolute atomic E-state index is 0.531. The van der Waals surface area contributed by atoms with Crippen molar-refractivity contribution in [2.24, 2.45) is 0 Å². The molecule has 0 amide bonds. The summed E-state index contributed by atoms with van der Waals surface area (Å²) in [6.07, 6.45) is 3.27. The Hall–Kier alpha value is -0.650. The van der Waals surface area contributed by atoms with E-state index in [1.165, 1.54) is 36.1 Å². The maximum atomic E-state index is 4.57. The van der Waals surface area contributed by atoms with E-state index in [2.05, 4.69) is 40.9 Å². The van der Waals surface area contributed by atoms with Crippen molar-refractivity contribution in [2.45, 2.75) is 39.8 Å². The highest BCUT2D eigenvalue weighted by Crippen LogP contribution is 2.23. The van der Waals surface area contributed by atoms with Crippen LogP contribution in [0.15, 0.2) is 6.20 Å². The van der Waals surface area contributed by atoms with Gasteiger partial charge >= 0.3 is 0 Å². The van der Waals surface area contributed by atoms with Gasteiger partial charge in [0, 0.05) is 49.8 Å². The first-order valence-electron chi connectivity index (χ1n) is 7.34. The molecular formula is C14H26N4S. The Labute approximate surface area is 120 Å². The molecule has 0 unspecified atom stereocenters. The molecule has 19 heavy (non-hydrogen) atoms. The van der Waals surface area contributed by atoms with Gasteiger partial charge in [-0.05, 0) is 13.0 Å². The molecule has 0 spiro atoms. The highest BCUT2D eigenvalue weighted by molar-refractivity contribution is 7.15. The molecule has 1 aliphatic rings. The van der Waals surface area contributed by atoms with Crippen LogP contribution < -0.4 is 10.2 Å². The molecule has 1 aliphatic heterocycles. The van der Waals surface area contributed by atoms with Gasteiger partial charge in [0.1, 0.15) is 0 Å². The van der Waals surface area contributed by atoms with E-state index in [9.17, 15) is 0 Å².